The van der Waals surface area contributed by atoms with Crippen LogP contribution < -0.4 is 15.4 Å². The van der Waals surface area contributed by atoms with Crippen LogP contribution in [0.3, 0.4) is 0 Å². The summed E-state index contributed by atoms with van der Waals surface area (Å²) in [4.78, 5) is 4.65. The summed E-state index contributed by atoms with van der Waals surface area (Å²) in [6, 6.07) is 10.1. The number of aliphatic imine (C=N–C) groups is 1. The van der Waals surface area contributed by atoms with Crippen LogP contribution >= 0.6 is 0 Å². The van der Waals surface area contributed by atoms with E-state index in [1.807, 2.05) is 31.2 Å². The van der Waals surface area contributed by atoms with Gasteiger partial charge in [0, 0.05) is 12.6 Å². The largest absolute Gasteiger partial charge is 0.493 e. The highest BCUT2D eigenvalue weighted by Crippen LogP contribution is 2.15. The molecule has 0 saturated carbocycles. The van der Waals surface area contributed by atoms with E-state index >= 15 is 0 Å². The molecule has 0 spiro atoms. The summed E-state index contributed by atoms with van der Waals surface area (Å²) >= 11 is 0. The molecule has 0 bridgehead atoms. The zero-order valence-corrected chi connectivity index (χ0v) is 17.1. The third-order valence-corrected chi connectivity index (χ3v) is 3.84. The molecule has 2 rings (SSSR count). The van der Waals surface area contributed by atoms with Gasteiger partial charge < -0.3 is 19.9 Å². The molecular formula is C21H32N4O2. The molecule has 0 amide bonds. The third kappa shape index (κ3) is 7.33. The maximum atomic E-state index is 5.79. The molecule has 148 valence electrons. The van der Waals surface area contributed by atoms with Crippen molar-refractivity contribution in [2.75, 3.05) is 13.2 Å². The van der Waals surface area contributed by atoms with Crippen LogP contribution in [-0.2, 0) is 13.1 Å². The van der Waals surface area contributed by atoms with E-state index in [4.69, 9.17) is 9.26 Å². The van der Waals surface area contributed by atoms with E-state index in [1.54, 1.807) is 0 Å². The molecule has 0 saturated heterocycles. The summed E-state index contributed by atoms with van der Waals surface area (Å²) in [5, 5.41) is 10.6. The number of hydrogen-bond acceptors (Lipinski definition) is 4. The number of hydrogen-bond donors (Lipinski definition) is 2. The van der Waals surface area contributed by atoms with Crippen LogP contribution in [0, 0.1) is 5.92 Å². The van der Waals surface area contributed by atoms with E-state index in [-0.39, 0.29) is 0 Å². The molecule has 27 heavy (non-hydrogen) atoms. The predicted octanol–water partition coefficient (Wildman–Crippen LogP) is 4.09. The number of nitrogens with one attached hydrogen (secondary N) is 2. The maximum Gasteiger partial charge on any atom is 0.191 e. The Balaban J connectivity index is 1.94. The minimum atomic E-state index is 0.356. The fourth-order valence-electron chi connectivity index (χ4n) is 2.36. The molecule has 1 aromatic heterocycles. The van der Waals surface area contributed by atoms with E-state index in [0.29, 0.717) is 31.5 Å². The second-order valence-electron chi connectivity index (χ2n) is 7.27. The van der Waals surface area contributed by atoms with Crippen molar-refractivity contribution in [1.29, 1.82) is 0 Å². The van der Waals surface area contributed by atoms with E-state index in [0.717, 1.165) is 35.3 Å². The second kappa shape index (κ2) is 10.6. The summed E-state index contributed by atoms with van der Waals surface area (Å²) in [5.41, 5.74) is 2.07. The molecule has 0 unspecified atom stereocenters. The fourth-order valence-corrected chi connectivity index (χ4v) is 2.36. The van der Waals surface area contributed by atoms with Gasteiger partial charge in [-0.3, -0.25) is 0 Å². The van der Waals surface area contributed by atoms with Gasteiger partial charge in [0.2, 0.25) is 0 Å². The number of guanidine groups is 1. The van der Waals surface area contributed by atoms with Gasteiger partial charge in [0.25, 0.3) is 0 Å². The Morgan fingerprint density at radius 2 is 2.00 bits per heavy atom. The standard InChI is InChI=1S/C21H32N4O2/c1-6-22-21(24-13-19-11-20(16(4)5)25-27-19)23-12-17-8-7-9-18(10-17)26-14-15(2)3/h7-11,15-16H,6,12-14H2,1-5H3,(H2,22,23,24). The van der Waals surface area contributed by atoms with Crippen LogP contribution in [0.1, 0.15) is 57.6 Å². The van der Waals surface area contributed by atoms with Gasteiger partial charge in [-0.05, 0) is 36.5 Å². The van der Waals surface area contributed by atoms with Crippen LogP contribution in [0.15, 0.2) is 39.8 Å². The molecule has 2 aromatic rings. The molecule has 2 N–H and O–H groups in total. The quantitative estimate of drug-likeness (QED) is 0.512. The van der Waals surface area contributed by atoms with Crippen molar-refractivity contribution in [3.05, 3.63) is 47.3 Å². The highest BCUT2D eigenvalue weighted by atomic mass is 16.5. The van der Waals surface area contributed by atoms with Crippen LogP contribution in [-0.4, -0.2) is 24.3 Å². The van der Waals surface area contributed by atoms with Gasteiger partial charge >= 0.3 is 0 Å². The van der Waals surface area contributed by atoms with Crippen molar-refractivity contribution in [2.24, 2.45) is 10.9 Å². The Kier molecular flexibility index (Phi) is 8.17. The highest BCUT2D eigenvalue weighted by molar-refractivity contribution is 5.79. The van der Waals surface area contributed by atoms with Crippen molar-refractivity contribution in [1.82, 2.24) is 15.8 Å². The molecule has 6 nitrogen and oxygen atoms in total. The monoisotopic (exact) mass is 372 g/mol. The van der Waals surface area contributed by atoms with Gasteiger partial charge in [-0.15, -0.1) is 0 Å². The average Bonchev–Trinajstić information content (AvgIpc) is 3.12. The zero-order chi connectivity index (χ0) is 19.6. The van der Waals surface area contributed by atoms with Crippen molar-refractivity contribution >= 4 is 5.96 Å². The highest BCUT2D eigenvalue weighted by Gasteiger charge is 2.08. The topological polar surface area (TPSA) is 71.7 Å². The Labute approximate surface area is 162 Å². The van der Waals surface area contributed by atoms with Crippen molar-refractivity contribution < 1.29 is 9.26 Å². The molecule has 0 aliphatic carbocycles. The molecule has 0 fully saturated rings. The molecule has 1 heterocycles. The van der Waals surface area contributed by atoms with Crippen LogP contribution in [0.25, 0.3) is 0 Å². The van der Waals surface area contributed by atoms with Gasteiger partial charge in [0.15, 0.2) is 11.7 Å². The fraction of sp³-hybridized carbons (Fsp3) is 0.524. The first-order valence-corrected chi connectivity index (χ1v) is 9.67. The van der Waals surface area contributed by atoms with E-state index < -0.39 is 0 Å². The Bertz CT molecular complexity index is 722. The summed E-state index contributed by atoms with van der Waals surface area (Å²) in [6.07, 6.45) is 0. The van der Waals surface area contributed by atoms with Crippen molar-refractivity contribution in [3.63, 3.8) is 0 Å². The lowest BCUT2D eigenvalue weighted by Gasteiger charge is -2.11. The smallest absolute Gasteiger partial charge is 0.191 e. The lowest BCUT2D eigenvalue weighted by molar-refractivity contribution is 0.271. The summed E-state index contributed by atoms with van der Waals surface area (Å²) in [7, 11) is 0. The van der Waals surface area contributed by atoms with Gasteiger partial charge in [0.1, 0.15) is 5.75 Å². The number of benzene rings is 1. The molecule has 0 aliphatic rings. The van der Waals surface area contributed by atoms with E-state index in [2.05, 4.69) is 54.5 Å². The van der Waals surface area contributed by atoms with Gasteiger partial charge in [-0.1, -0.05) is 45.0 Å². The Morgan fingerprint density at radius 1 is 1.19 bits per heavy atom. The lowest BCUT2D eigenvalue weighted by atomic mass is 10.1. The van der Waals surface area contributed by atoms with Crippen LogP contribution in [0.4, 0.5) is 0 Å². The number of aromatic nitrogens is 1. The minimum absolute atomic E-state index is 0.356. The van der Waals surface area contributed by atoms with E-state index in [1.165, 1.54) is 0 Å². The first-order valence-electron chi connectivity index (χ1n) is 9.67. The summed E-state index contributed by atoms with van der Waals surface area (Å²) in [5.74, 6) is 3.29. The van der Waals surface area contributed by atoms with Gasteiger partial charge in [-0.2, -0.15) is 0 Å². The van der Waals surface area contributed by atoms with Crippen LogP contribution in [0.5, 0.6) is 5.75 Å². The average molecular weight is 373 g/mol. The normalized spacial score (nSPS) is 11.9. The molecular weight excluding hydrogens is 340 g/mol. The van der Waals surface area contributed by atoms with Gasteiger partial charge in [0.05, 0.1) is 25.4 Å². The number of nitrogens with zero attached hydrogens (tertiary/aromatic N) is 2. The van der Waals surface area contributed by atoms with Crippen molar-refractivity contribution in [3.8, 4) is 5.75 Å². The molecule has 1 aromatic carbocycles. The lowest BCUT2D eigenvalue weighted by Crippen LogP contribution is -2.36. The zero-order valence-electron chi connectivity index (χ0n) is 17.1. The van der Waals surface area contributed by atoms with Crippen LogP contribution in [0.2, 0.25) is 0 Å². The maximum absolute atomic E-state index is 5.79. The molecule has 6 heteroatoms. The van der Waals surface area contributed by atoms with E-state index in [9.17, 15) is 0 Å². The summed E-state index contributed by atoms with van der Waals surface area (Å²) < 4.78 is 11.2. The Morgan fingerprint density at radius 3 is 2.67 bits per heavy atom. The Hall–Kier alpha value is -2.50. The first kappa shape index (κ1) is 20.8. The minimum Gasteiger partial charge on any atom is -0.493 e. The SMILES string of the molecule is CCNC(=NCc1cccc(OCC(C)C)c1)NCc1cc(C(C)C)no1. The second-order valence-corrected chi connectivity index (χ2v) is 7.27. The van der Waals surface area contributed by atoms with Crippen molar-refractivity contribution in [2.45, 2.75) is 53.6 Å². The van der Waals surface area contributed by atoms with Gasteiger partial charge in [-0.25, -0.2) is 4.99 Å². The number of ether oxygens (including phenoxy) is 1. The first-order chi connectivity index (χ1) is 13.0. The predicted molar refractivity (Wildman–Crippen MR) is 109 cm³/mol. The molecule has 0 radical (unpaired) electrons. The summed E-state index contributed by atoms with van der Waals surface area (Å²) in [6.45, 7) is 13.1. The molecule has 0 atom stereocenters. The third-order valence-electron chi connectivity index (χ3n) is 3.84. The number of rotatable bonds is 9. The molecule has 0 aliphatic heterocycles.